The van der Waals surface area contributed by atoms with Crippen molar-refractivity contribution in [2.24, 2.45) is 7.05 Å². The average Bonchev–Trinajstić information content (AvgIpc) is 3.45. The molecule has 0 unspecified atom stereocenters. The normalized spacial score (nSPS) is 12.3. The Bertz CT molecular complexity index is 1500. The van der Waals surface area contributed by atoms with Gasteiger partial charge in [0.05, 0.1) is 11.4 Å². The maximum Gasteiger partial charge on any atom is 0.255 e. The van der Waals surface area contributed by atoms with Gasteiger partial charge < -0.3 is 14.8 Å². The summed E-state index contributed by atoms with van der Waals surface area (Å²) in [6, 6.07) is 13.7. The number of fused-ring (bicyclic) bond motifs is 2. The first kappa shape index (κ1) is 22.7. The third kappa shape index (κ3) is 4.16. The number of ether oxygens (including phenoxy) is 2. The predicted octanol–water partition coefficient (Wildman–Crippen LogP) is 3.63. The SMILES string of the molecule is Cc1ccc(-n2nc(C)c3c(C)c(CCC(=O)NCc4ccc5c(c4)OCO5)c(=O)n(C)c32)cc1. The Morgan fingerprint density at radius 1 is 1.06 bits per heavy atom. The van der Waals surface area contributed by atoms with Crippen molar-refractivity contribution in [3.8, 4) is 17.2 Å². The smallest absolute Gasteiger partial charge is 0.255 e. The van der Waals surface area contributed by atoms with Crippen LogP contribution in [0.5, 0.6) is 11.5 Å². The van der Waals surface area contributed by atoms with Crippen molar-refractivity contribution in [3.05, 3.63) is 80.8 Å². The molecule has 3 heterocycles. The quantitative estimate of drug-likeness (QED) is 0.463. The maximum atomic E-state index is 13.3. The van der Waals surface area contributed by atoms with Gasteiger partial charge in [0.25, 0.3) is 5.56 Å². The molecule has 0 saturated carbocycles. The third-order valence-electron chi connectivity index (χ3n) is 6.55. The molecular formula is C27H28N4O4. The van der Waals surface area contributed by atoms with E-state index in [1.54, 1.807) is 11.6 Å². The van der Waals surface area contributed by atoms with Crippen molar-refractivity contribution < 1.29 is 14.3 Å². The van der Waals surface area contributed by atoms with E-state index in [9.17, 15) is 9.59 Å². The summed E-state index contributed by atoms with van der Waals surface area (Å²) in [5.41, 5.74) is 6.01. The van der Waals surface area contributed by atoms with Crippen LogP contribution < -0.4 is 20.3 Å². The minimum atomic E-state index is -0.115. The molecule has 8 nitrogen and oxygen atoms in total. The fourth-order valence-electron chi connectivity index (χ4n) is 4.61. The number of nitrogens with zero attached hydrogens (tertiary/aromatic N) is 3. The molecule has 8 heteroatoms. The van der Waals surface area contributed by atoms with Gasteiger partial charge in [-0.15, -0.1) is 0 Å². The zero-order chi connectivity index (χ0) is 24.7. The summed E-state index contributed by atoms with van der Waals surface area (Å²) in [6.07, 6.45) is 0.577. The largest absolute Gasteiger partial charge is 0.454 e. The van der Waals surface area contributed by atoms with Gasteiger partial charge in [0.1, 0.15) is 5.65 Å². The number of carbonyl (C=O) groups is 1. The predicted molar refractivity (Wildman–Crippen MR) is 133 cm³/mol. The Morgan fingerprint density at radius 2 is 1.80 bits per heavy atom. The highest BCUT2D eigenvalue weighted by atomic mass is 16.7. The standard InChI is InChI=1S/C27H28N4O4/c1-16-5-8-20(9-6-16)31-26-25(18(3)29-31)17(2)21(27(33)30(26)4)10-12-24(32)28-14-19-7-11-22-23(13-19)35-15-34-22/h5-9,11,13H,10,12,14-15H2,1-4H3,(H,28,32). The minimum Gasteiger partial charge on any atom is -0.454 e. The number of pyridine rings is 1. The lowest BCUT2D eigenvalue weighted by Crippen LogP contribution is -2.27. The zero-order valence-corrected chi connectivity index (χ0v) is 20.3. The summed E-state index contributed by atoms with van der Waals surface area (Å²) in [6.45, 7) is 6.53. The van der Waals surface area contributed by atoms with Crippen LogP contribution in [-0.4, -0.2) is 27.0 Å². The highest BCUT2D eigenvalue weighted by Gasteiger charge is 2.20. The van der Waals surface area contributed by atoms with E-state index in [-0.39, 0.29) is 24.7 Å². The van der Waals surface area contributed by atoms with Gasteiger partial charge in [0.15, 0.2) is 11.5 Å². The fourth-order valence-corrected chi connectivity index (χ4v) is 4.61. The van der Waals surface area contributed by atoms with Crippen molar-refractivity contribution in [3.63, 3.8) is 0 Å². The Kier molecular flexibility index (Phi) is 5.80. The average molecular weight is 473 g/mol. The monoisotopic (exact) mass is 472 g/mol. The molecule has 1 aliphatic heterocycles. The van der Waals surface area contributed by atoms with E-state index in [1.807, 2.05) is 67.9 Å². The molecule has 4 aromatic rings. The topological polar surface area (TPSA) is 87.4 Å². The maximum absolute atomic E-state index is 13.3. The second kappa shape index (κ2) is 8.94. The summed E-state index contributed by atoms with van der Waals surface area (Å²) in [5.74, 6) is 1.28. The van der Waals surface area contributed by atoms with Gasteiger partial charge in [-0.3, -0.25) is 14.2 Å². The van der Waals surface area contributed by atoms with Crippen LogP contribution in [0.15, 0.2) is 47.3 Å². The van der Waals surface area contributed by atoms with Crippen LogP contribution >= 0.6 is 0 Å². The summed E-state index contributed by atoms with van der Waals surface area (Å²) in [5, 5.41) is 8.61. The Hall–Kier alpha value is -4.07. The van der Waals surface area contributed by atoms with Crippen LogP contribution in [0, 0.1) is 20.8 Å². The molecule has 0 radical (unpaired) electrons. The lowest BCUT2D eigenvalue weighted by Gasteiger charge is -2.13. The second-order valence-electron chi connectivity index (χ2n) is 8.96. The zero-order valence-electron chi connectivity index (χ0n) is 20.3. The summed E-state index contributed by atoms with van der Waals surface area (Å²) in [7, 11) is 1.76. The van der Waals surface area contributed by atoms with Crippen LogP contribution in [0.2, 0.25) is 0 Å². The van der Waals surface area contributed by atoms with Gasteiger partial charge in [-0.1, -0.05) is 23.8 Å². The van der Waals surface area contributed by atoms with Gasteiger partial charge in [0.2, 0.25) is 12.7 Å². The van der Waals surface area contributed by atoms with E-state index in [2.05, 4.69) is 5.32 Å². The first-order valence-corrected chi connectivity index (χ1v) is 11.6. The lowest BCUT2D eigenvalue weighted by atomic mass is 10.0. The highest BCUT2D eigenvalue weighted by molar-refractivity contribution is 5.85. The number of hydrogen-bond donors (Lipinski definition) is 1. The van der Waals surface area contributed by atoms with Gasteiger partial charge >= 0.3 is 0 Å². The van der Waals surface area contributed by atoms with E-state index in [0.29, 0.717) is 30.0 Å². The molecule has 35 heavy (non-hydrogen) atoms. The van der Waals surface area contributed by atoms with Gasteiger partial charge in [0, 0.05) is 31.0 Å². The summed E-state index contributed by atoms with van der Waals surface area (Å²) < 4.78 is 14.2. The molecule has 1 N–H and O–H groups in total. The number of aromatic nitrogens is 3. The molecule has 0 atom stereocenters. The van der Waals surface area contributed by atoms with E-state index in [1.165, 1.54) is 0 Å². The van der Waals surface area contributed by atoms with E-state index in [4.69, 9.17) is 14.6 Å². The van der Waals surface area contributed by atoms with Gasteiger partial charge in [-0.05, 0) is 62.6 Å². The second-order valence-corrected chi connectivity index (χ2v) is 8.96. The van der Waals surface area contributed by atoms with E-state index in [0.717, 1.165) is 39.1 Å². The molecule has 180 valence electrons. The fraction of sp³-hybridized carbons (Fsp3) is 0.296. The number of aryl methyl sites for hydroxylation is 4. The number of benzene rings is 2. The van der Waals surface area contributed by atoms with Crippen molar-refractivity contribution in [1.82, 2.24) is 19.7 Å². The lowest BCUT2D eigenvalue weighted by molar-refractivity contribution is -0.121. The molecule has 0 spiro atoms. The molecule has 5 rings (SSSR count). The summed E-state index contributed by atoms with van der Waals surface area (Å²) in [4.78, 5) is 25.9. The molecule has 0 aliphatic carbocycles. The van der Waals surface area contributed by atoms with Crippen LogP contribution in [-0.2, 0) is 24.8 Å². The van der Waals surface area contributed by atoms with Crippen LogP contribution in [0.25, 0.3) is 16.7 Å². The first-order valence-electron chi connectivity index (χ1n) is 11.6. The molecule has 1 aliphatic rings. The molecule has 2 aromatic heterocycles. The van der Waals surface area contributed by atoms with E-state index < -0.39 is 0 Å². The van der Waals surface area contributed by atoms with Crippen LogP contribution in [0.3, 0.4) is 0 Å². The Labute approximate surface area is 203 Å². The van der Waals surface area contributed by atoms with Crippen molar-refractivity contribution in [2.75, 3.05) is 6.79 Å². The molecule has 0 fully saturated rings. The minimum absolute atomic E-state index is 0.105. The van der Waals surface area contributed by atoms with Gasteiger partial charge in [-0.2, -0.15) is 5.10 Å². The molecule has 0 bridgehead atoms. The third-order valence-corrected chi connectivity index (χ3v) is 6.55. The van der Waals surface area contributed by atoms with Crippen LogP contribution in [0.4, 0.5) is 0 Å². The number of nitrogens with one attached hydrogen (secondary N) is 1. The number of carbonyl (C=O) groups excluding carboxylic acids is 1. The van der Waals surface area contributed by atoms with Crippen LogP contribution in [0.1, 0.15) is 34.4 Å². The van der Waals surface area contributed by atoms with Crippen molar-refractivity contribution in [2.45, 2.75) is 40.2 Å². The summed E-state index contributed by atoms with van der Waals surface area (Å²) >= 11 is 0. The van der Waals surface area contributed by atoms with E-state index >= 15 is 0 Å². The molecule has 0 saturated heterocycles. The molecular weight excluding hydrogens is 444 g/mol. The first-order chi connectivity index (χ1) is 16.8. The number of amides is 1. The Balaban J connectivity index is 1.36. The van der Waals surface area contributed by atoms with Crippen molar-refractivity contribution in [1.29, 1.82) is 0 Å². The molecule has 1 amide bonds. The number of rotatable bonds is 6. The molecule has 2 aromatic carbocycles. The Morgan fingerprint density at radius 3 is 2.57 bits per heavy atom. The highest BCUT2D eigenvalue weighted by Crippen LogP contribution is 2.32. The van der Waals surface area contributed by atoms with Crippen molar-refractivity contribution >= 4 is 16.9 Å². The number of hydrogen-bond acceptors (Lipinski definition) is 5. The van der Waals surface area contributed by atoms with Gasteiger partial charge in [-0.25, -0.2) is 4.68 Å².